The Kier molecular flexibility index (Phi) is 3.91. The molecule has 1 amide bonds. The number of para-hydroxylation sites is 3. The van der Waals surface area contributed by atoms with Crippen LogP contribution in [0.1, 0.15) is 10.5 Å². The number of anilines is 1. The minimum atomic E-state index is -0.416. The number of nitrogens with one attached hydrogen (secondary N) is 3. The molecule has 0 unspecified atom stereocenters. The highest BCUT2D eigenvalue weighted by Gasteiger charge is 2.17. The Bertz CT molecular complexity index is 1400. The molecular weight excluding hydrogens is 366 g/mol. The summed E-state index contributed by atoms with van der Waals surface area (Å²) in [7, 11) is 0. The van der Waals surface area contributed by atoms with Gasteiger partial charge in [0.05, 0.1) is 22.1 Å². The van der Waals surface area contributed by atoms with Crippen LogP contribution in [0, 0.1) is 0 Å². The SMILES string of the molecule is O=C(Nc1ccccc1-c1nc2ccccc2[nH]1)c1n[nH]c(=O)c2ccccc12. The lowest BCUT2D eigenvalue weighted by atomic mass is 10.1. The molecule has 3 N–H and O–H groups in total. The normalized spacial score (nSPS) is 11.0. The molecule has 29 heavy (non-hydrogen) atoms. The van der Waals surface area contributed by atoms with Crippen molar-refractivity contribution in [3.05, 3.63) is 88.8 Å². The Morgan fingerprint density at radius 1 is 0.862 bits per heavy atom. The molecule has 0 bridgehead atoms. The maximum Gasteiger partial charge on any atom is 0.276 e. The van der Waals surface area contributed by atoms with Crippen LogP contribution in [0.3, 0.4) is 0 Å². The van der Waals surface area contributed by atoms with Gasteiger partial charge in [-0.05, 0) is 30.3 Å². The third-order valence-electron chi connectivity index (χ3n) is 4.73. The van der Waals surface area contributed by atoms with Gasteiger partial charge in [-0.3, -0.25) is 9.59 Å². The van der Waals surface area contributed by atoms with Gasteiger partial charge in [0, 0.05) is 10.9 Å². The van der Waals surface area contributed by atoms with E-state index in [2.05, 4.69) is 25.5 Å². The molecule has 0 aliphatic carbocycles. The van der Waals surface area contributed by atoms with E-state index >= 15 is 0 Å². The second-order valence-corrected chi connectivity index (χ2v) is 6.55. The Hall–Kier alpha value is -4.26. The van der Waals surface area contributed by atoms with Crippen molar-refractivity contribution in [2.45, 2.75) is 0 Å². The topological polar surface area (TPSA) is 104 Å². The first kappa shape index (κ1) is 16.9. The van der Waals surface area contributed by atoms with Crippen molar-refractivity contribution in [1.29, 1.82) is 0 Å². The molecule has 7 nitrogen and oxygen atoms in total. The highest BCUT2D eigenvalue weighted by Crippen LogP contribution is 2.28. The first-order valence-electron chi connectivity index (χ1n) is 9.03. The zero-order valence-corrected chi connectivity index (χ0v) is 15.1. The van der Waals surface area contributed by atoms with Gasteiger partial charge in [-0.1, -0.05) is 42.5 Å². The molecule has 5 rings (SSSR count). The molecule has 7 heteroatoms. The second-order valence-electron chi connectivity index (χ2n) is 6.55. The highest BCUT2D eigenvalue weighted by atomic mass is 16.2. The number of hydrogen-bond acceptors (Lipinski definition) is 4. The molecule has 2 heterocycles. The summed E-state index contributed by atoms with van der Waals surface area (Å²) in [5.41, 5.74) is 2.92. The van der Waals surface area contributed by atoms with Crippen LogP contribution in [0.4, 0.5) is 5.69 Å². The zero-order chi connectivity index (χ0) is 19.8. The predicted octanol–water partition coefficient (Wildman–Crippen LogP) is 3.72. The summed E-state index contributed by atoms with van der Waals surface area (Å²) in [5.74, 6) is 0.238. The fourth-order valence-corrected chi connectivity index (χ4v) is 3.35. The van der Waals surface area contributed by atoms with Gasteiger partial charge in [-0.2, -0.15) is 5.10 Å². The van der Waals surface area contributed by atoms with Gasteiger partial charge in [-0.25, -0.2) is 10.1 Å². The third kappa shape index (κ3) is 2.94. The molecule has 0 saturated carbocycles. The number of carbonyl (C=O) groups excluding carboxylic acids is 1. The second kappa shape index (κ2) is 6.72. The monoisotopic (exact) mass is 381 g/mol. The maximum absolute atomic E-state index is 13.0. The van der Waals surface area contributed by atoms with E-state index in [9.17, 15) is 9.59 Å². The van der Waals surface area contributed by atoms with Gasteiger partial charge in [-0.15, -0.1) is 0 Å². The van der Waals surface area contributed by atoms with E-state index in [-0.39, 0.29) is 11.3 Å². The standard InChI is InChI=1S/C22H15N5O2/c28-21-14-8-2-1-7-13(14)19(26-27-21)22(29)25-16-10-4-3-9-15(16)20-23-17-11-5-6-12-18(17)24-20/h1-12H,(H,23,24)(H,25,29)(H,27,28). The van der Waals surface area contributed by atoms with Crippen molar-refractivity contribution >= 4 is 33.4 Å². The smallest absolute Gasteiger partial charge is 0.276 e. The average molecular weight is 381 g/mol. The number of imidazole rings is 1. The van der Waals surface area contributed by atoms with Crippen molar-refractivity contribution in [3.8, 4) is 11.4 Å². The van der Waals surface area contributed by atoms with Crippen molar-refractivity contribution in [1.82, 2.24) is 20.2 Å². The molecule has 3 aromatic carbocycles. The summed E-state index contributed by atoms with van der Waals surface area (Å²) < 4.78 is 0. The molecule has 0 radical (unpaired) electrons. The van der Waals surface area contributed by atoms with Crippen molar-refractivity contribution in [2.75, 3.05) is 5.32 Å². The quantitative estimate of drug-likeness (QED) is 0.443. The summed E-state index contributed by atoms with van der Waals surface area (Å²) in [6.45, 7) is 0. The van der Waals surface area contributed by atoms with Crippen LogP contribution in [-0.4, -0.2) is 26.1 Å². The van der Waals surface area contributed by atoms with Crippen LogP contribution in [0.5, 0.6) is 0 Å². The van der Waals surface area contributed by atoms with Gasteiger partial charge in [0.1, 0.15) is 5.82 Å². The van der Waals surface area contributed by atoms with Crippen molar-refractivity contribution < 1.29 is 4.79 Å². The lowest BCUT2D eigenvalue weighted by molar-refractivity contribution is 0.102. The van der Waals surface area contributed by atoms with Crippen LogP contribution in [0.2, 0.25) is 0 Å². The summed E-state index contributed by atoms with van der Waals surface area (Å²) in [5, 5.41) is 10.2. The number of hydrogen-bond donors (Lipinski definition) is 3. The first-order chi connectivity index (χ1) is 14.2. The third-order valence-corrected chi connectivity index (χ3v) is 4.73. The van der Waals surface area contributed by atoms with E-state index in [1.54, 1.807) is 30.3 Å². The highest BCUT2D eigenvalue weighted by molar-refractivity contribution is 6.12. The fraction of sp³-hybridized carbons (Fsp3) is 0. The van der Waals surface area contributed by atoms with Gasteiger partial charge in [0.2, 0.25) is 0 Å². The molecule has 0 saturated heterocycles. The van der Waals surface area contributed by atoms with E-state index in [4.69, 9.17) is 0 Å². The van der Waals surface area contributed by atoms with Crippen LogP contribution < -0.4 is 10.9 Å². The first-order valence-corrected chi connectivity index (χ1v) is 9.03. The summed E-state index contributed by atoms with van der Waals surface area (Å²) in [6.07, 6.45) is 0. The Labute approximate surface area is 164 Å². The number of aromatic nitrogens is 4. The van der Waals surface area contributed by atoms with E-state index in [1.165, 1.54) is 0 Å². The van der Waals surface area contributed by atoms with E-state index in [1.807, 2.05) is 42.5 Å². The molecule has 0 fully saturated rings. The lowest BCUT2D eigenvalue weighted by Gasteiger charge is -2.10. The fourth-order valence-electron chi connectivity index (χ4n) is 3.35. The van der Waals surface area contributed by atoms with Crippen LogP contribution in [-0.2, 0) is 0 Å². The van der Waals surface area contributed by atoms with Crippen LogP contribution in [0.15, 0.2) is 77.6 Å². The number of carbonyl (C=O) groups is 1. The minimum absolute atomic E-state index is 0.152. The van der Waals surface area contributed by atoms with Gasteiger partial charge >= 0.3 is 0 Å². The maximum atomic E-state index is 13.0. The molecule has 140 valence electrons. The van der Waals surface area contributed by atoms with Gasteiger partial charge in [0.25, 0.3) is 11.5 Å². The van der Waals surface area contributed by atoms with E-state index in [0.29, 0.717) is 22.3 Å². The van der Waals surface area contributed by atoms with Gasteiger partial charge < -0.3 is 10.3 Å². The Balaban J connectivity index is 1.56. The number of nitrogens with zero attached hydrogens (tertiary/aromatic N) is 2. The Morgan fingerprint density at radius 3 is 2.45 bits per heavy atom. The molecule has 0 aliphatic heterocycles. The molecule has 2 aromatic heterocycles. The number of benzene rings is 3. The van der Waals surface area contributed by atoms with Crippen LogP contribution >= 0.6 is 0 Å². The average Bonchev–Trinajstić information content (AvgIpc) is 3.18. The van der Waals surface area contributed by atoms with Crippen LogP contribution in [0.25, 0.3) is 33.2 Å². The summed E-state index contributed by atoms with van der Waals surface area (Å²) in [6, 6.07) is 22.0. The van der Waals surface area contributed by atoms with Gasteiger partial charge in [0.15, 0.2) is 5.69 Å². The van der Waals surface area contributed by atoms with E-state index in [0.717, 1.165) is 16.6 Å². The molecule has 5 aromatic rings. The van der Waals surface area contributed by atoms with Crippen molar-refractivity contribution in [3.63, 3.8) is 0 Å². The lowest BCUT2D eigenvalue weighted by Crippen LogP contribution is -2.19. The number of amides is 1. The summed E-state index contributed by atoms with van der Waals surface area (Å²) >= 11 is 0. The molecule has 0 spiro atoms. The minimum Gasteiger partial charge on any atom is -0.338 e. The van der Waals surface area contributed by atoms with Crippen molar-refractivity contribution in [2.24, 2.45) is 0 Å². The zero-order valence-electron chi connectivity index (χ0n) is 15.1. The number of fused-ring (bicyclic) bond motifs is 2. The molecule has 0 atom stereocenters. The largest absolute Gasteiger partial charge is 0.338 e. The molecular formula is C22H15N5O2. The number of aromatic amines is 2. The van der Waals surface area contributed by atoms with E-state index < -0.39 is 5.91 Å². The number of H-pyrrole nitrogens is 2. The predicted molar refractivity (Wildman–Crippen MR) is 112 cm³/mol. The molecule has 0 aliphatic rings. The Morgan fingerprint density at radius 2 is 1.59 bits per heavy atom. The number of rotatable bonds is 3. The summed E-state index contributed by atoms with van der Waals surface area (Å²) in [4.78, 5) is 32.8.